The number of aromatic nitrogens is 3. The van der Waals surface area contributed by atoms with Crippen LogP contribution in [0, 0.1) is 6.92 Å². The van der Waals surface area contributed by atoms with Crippen LogP contribution in [-0.4, -0.2) is 34.7 Å². The molecule has 0 atom stereocenters. The summed E-state index contributed by atoms with van der Waals surface area (Å²) in [4.78, 5) is 12.4. The van der Waals surface area contributed by atoms with Crippen LogP contribution >= 0.6 is 11.8 Å². The minimum atomic E-state index is -0.281. The van der Waals surface area contributed by atoms with Crippen LogP contribution < -0.4 is 19.8 Å². The molecule has 0 radical (unpaired) electrons. The molecule has 2 N–H and O–H groups in total. The zero-order valence-corrected chi connectivity index (χ0v) is 20.2. The number of thioether (sulfide) groups is 1. The maximum Gasteiger partial charge on any atom is 0.342 e. The standard InChI is InChI=1S/C26H25N5O3S/c1-3-34-23-15-19(11-14-22(23)32)16-27-28-24(33)17-35-26-30-29-25(20-12-9-18(2)10-13-20)31(26)21-7-5-4-6-8-21/h4-16H,3,17H2,1-2H3,(H2,27,28,32,33). The Balaban J connectivity index is 1.46. The number of ether oxygens (including phenoxy) is 1. The molecule has 1 aromatic heterocycles. The van der Waals surface area contributed by atoms with Crippen LogP contribution in [0.25, 0.3) is 17.1 Å². The van der Waals surface area contributed by atoms with Crippen molar-refractivity contribution in [1.29, 1.82) is 0 Å². The molecule has 0 spiro atoms. The first-order chi connectivity index (χ1) is 17.0. The Kier molecular flexibility index (Phi) is 7.79. The number of nitrogens with zero attached hydrogens (tertiary/aromatic N) is 3. The summed E-state index contributed by atoms with van der Waals surface area (Å²) in [5.74, 6) is 0.721. The largest absolute Gasteiger partial charge is 0.870 e. The number of nitrogens with one attached hydrogen (secondary N) is 2. The molecule has 4 rings (SSSR count). The second-order valence-electron chi connectivity index (χ2n) is 7.61. The molecule has 0 saturated carbocycles. The van der Waals surface area contributed by atoms with Gasteiger partial charge in [0.2, 0.25) is 0 Å². The molecule has 0 aliphatic carbocycles. The lowest BCUT2D eigenvalue weighted by atomic mass is 10.1. The molecule has 0 fully saturated rings. The van der Waals surface area contributed by atoms with Gasteiger partial charge in [-0.25, -0.2) is 5.43 Å². The maximum atomic E-state index is 12.4. The van der Waals surface area contributed by atoms with E-state index in [1.165, 1.54) is 29.6 Å². The van der Waals surface area contributed by atoms with Crippen molar-refractivity contribution in [2.24, 2.45) is 5.10 Å². The number of aryl methyl sites for hydroxylation is 1. The fourth-order valence-corrected chi connectivity index (χ4v) is 4.09. The Morgan fingerprint density at radius 2 is 1.94 bits per heavy atom. The minimum absolute atomic E-state index is 0.117. The number of para-hydroxylation sites is 1. The third kappa shape index (κ3) is 6.07. The van der Waals surface area contributed by atoms with Crippen LogP contribution in [0.3, 0.4) is 0 Å². The summed E-state index contributed by atoms with van der Waals surface area (Å²) in [6.07, 6.45) is 1.47. The van der Waals surface area contributed by atoms with Gasteiger partial charge < -0.3 is 9.84 Å². The number of amides is 1. The molecule has 0 saturated heterocycles. The number of hydrogen-bond donors (Lipinski definition) is 2. The molecule has 0 unspecified atom stereocenters. The van der Waals surface area contributed by atoms with E-state index in [-0.39, 0.29) is 23.2 Å². The molecule has 9 heteroatoms. The molecule has 1 amide bonds. The van der Waals surface area contributed by atoms with E-state index in [4.69, 9.17) is 4.74 Å². The van der Waals surface area contributed by atoms with Crippen molar-refractivity contribution in [3.63, 3.8) is 0 Å². The Bertz CT molecular complexity index is 1320. The van der Waals surface area contributed by atoms with Gasteiger partial charge in [0.15, 0.2) is 0 Å². The van der Waals surface area contributed by atoms with Gasteiger partial charge in [-0.1, -0.05) is 53.8 Å². The normalized spacial score (nSPS) is 11.0. The van der Waals surface area contributed by atoms with Crippen molar-refractivity contribution < 1.29 is 19.2 Å². The lowest BCUT2D eigenvalue weighted by Gasteiger charge is -2.13. The van der Waals surface area contributed by atoms with Crippen molar-refractivity contribution in [2.45, 2.75) is 19.0 Å². The third-order valence-corrected chi connectivity index (χ3v) is 5.95. The number of H-pyrrole nitrogens is 1. The molecule has 3 aromatic carbocycles. The first kappa shape index (κ1) is 24.0. The van der Waals surface area contributed by atoms with Crippen LogP contribution in [-0.2, 0) is 4.79 Å². The summed E-state index contributed by atoms with van der Waals surface area (Å²) < 4.78 is 7.29. The lowest BCUT2D eigenvalue weighted by Crippen LogP contribution is -2.34. The molecular formula is C26H25N5O3S. The summed E-state index contributed by atoms with van der Waals surface area (Å²) in [6.45, 7) is 4.25. The van der Waals surface area contributed by atoms with Gasteiger partial charge in [-0.3, -0.25) is 4.79 Å². The van der Waals surface area contributed by atoms with Crippen molar-refractivity contribution in [1.82, 2.24) is 15.6 Å². The number of aromatic amines is 1. The first-order valence-corrected chi connectivity index (χ1v) is 12.0. The number of carbonyl (C=O) groups excluding carboxylic acids is 1. The van der Waals surface area contributed by atoms with E-state index in [1.54, 1.807) is 12.1 Å². The highest BCUT2D eigenvalue weighted by molar-refractivity contribution is 7.99. The molecule has 178 valence electrons. The Morgan fingerprint density at radius 3 is 2.69 bits per heavy atom. The van der Waals surface area contributed by atoms with Crippen molar-refractivity contribution in [3.8, 4) is 28.6 Å². The number of rotatable bonds is 9. The number of hydrazone groups is 1. The van der Waals surface area contributed by atoms with Crippen LogP contribution in [0.4, 0.5) is 0 Å². The zero-order valence-electron chi connectivity index (χ0n) is 19.4. The highest BCUT2D eigenvalue weighted by atomic mass is 32.2. The average molecular weight is 488 g/mol. The highest BCUT2D eigenvalue weighted by Crippen LogP contribution is 2.23. The van der Waals surface area contributed by atoms with Gasteiger partial charge in [0.1, 0.15) is 11.4 Å². The van der Waals surface area contributed by atoms with E-state index in [9.17, 15) is 9.90 Å². The zero-order chi connectivity index (χ0) is 24.6. The third-order valence-electron chi connectivity index (χ3n) is 5.01. The maximum absolute atomic E-state index is 12.4. The summed E-state index contributed by atoms with van der Waals surface area (Å²) in [7, 11) is 0. The molecule has 0 bridgehead atoms. The second kappa shape index (κ2) is 11.3. The van der Waals surface area contributed by atoms with Gasteiger partial charge in [0.05, 0.1) is 29.2 Å². The van der Waals surface area contributed by atoms with Gasteiger partial charge in [-0.05, 0) is 61.5 Å². The van der Waals surface area contributed by atoms with Crippen LogP contribution in [0.1, 0.15) is 18.1 Å². The average Bonchev–Trinajstić information content (AvgIpc) is 3.30. The van der Waals surface area contributed by atoms with Gasteiger partial charge in [0.25, 0.3) is 11.7 Å². The molecule has 1 heterocycles. The molecule has 0 aliphatic rings. The van der Waals surface area contributed by atoms with E-state index in [2.05, 4.69) is 20.7 Å². The Hall–Kier alpha value is -4.11. The van der Waals surface area contributed by atoms with Crippen LogP contribution in [0.15, 0.2) is 83.1 Å². The highest BCUT2D eigenvalue weighted by Gasteiger charge is 2.24. The number of hydrogen-bond acceptors (Lipinski definition) is 6. The monoisotopic (exact) mass is 487 g/mol. The molecule has 35 heavy (non-hydrogen) atoms. The van der Waals surface area contributed by atoms with Gasteiger partial charge >= 0.3 is 5.16 Å². The smallest absolute Gasteiger partial charge is 0.342 e. The van der Waals surface area contributed by atoms with E-state index in [0.29, 0.717) is 17.3 Å². The fraction of sp³-hybridized carbons (Fsp3) is 0.154. The number of carbonyl (C=O) groups is 1. The predicted molar refractivity (Wildman–Crippen MR) is 134 cm³/mol. The quantitative estimate of drug-likeness (QED) is 0.163. The minimum Gasteiger partial charge on any atom is -0.870 e. The van der Waals surface area contributed by atoms with Crippen molar-refractivity contribution in [3.05, 3.63) is 83.9 Å². The summed E-state index contributed by atoms with van der Waals surface area (Å²) in [5, 5.41) is 24.0. The molecular weight excluding hydrogens is 462 g/mol. The SMILES string of the molecule is CCOc1cc(C=NNC(=O)CSc2n[nH]c(-c3ccc(C)cc3)[n+]2-c2ccccc2)ccc1[O-]. The van der Waals surface area contributed by atoms with E-state index in [0.717, 1.165) is 17.1 Å². The Morgan fingerprint density at radius 1 is 1.17 bits per heavy atom. The summed E-state index contributed by atoms with van der Waals surface area (Å²) >= 11 is 1.30. The summed E-state index contributed by atoms with van der Waals surface area (Å²) in [5.41, 5.74) is 6.26. The van der Waals surface area contributed by atoms with Crippen LogP contribution in [0.2, 0.25) is 0 Å². The molecule has 0 aliphatic heterocycles. The van der Waals surface area contributed by atoms with Gasteiger partial charge in [-0.15, -0.1) is 5.10 Å². The predicted octanol–water partition coefficient (Wildman–Crippen LogP) is 3.38. The van der Waals surface area contributed by atoms with E-state index < -0.39 is 0 Å². The molecule has 8 nitrogen and oxygen atoms in total. The van der Waals surface area contributed by atoms with Crippen molar-refractivity contribution >= 4 is 23.9 Å². The topological polar surface area (TPSA) is 106 Å². The van der Waals surface area contributed by atoms with Crippen LogP contribution in [0.5, 0.6) is 11.5 Å². The van der Waals surface area contributed by atoms with Crippen molar-refractivity contribution in [2.75, 3.05) is 12.4 Å². The first-order valence-electron chi connectivity index (χ1n) is 11.1. The van der Waals surface area contributed by atoms with E-state index >= 15 is 0 Å². The summed E-state index contributed by atoms with van der Waals surface area (Å²) in [6, 6.07) is 22.6. The number of benzene rings is 3. The van der Waals surface area contributed by atoms with E-state index in [1.807, 2.05) is 73.0 Å². The molecule has 4 aromatic rings. The second-order valence-corrected chi connectivity index (χ2v) is 8.56. The Labute approximate surface area is 207 Å². The van der Waals surface area contributed by atoms with Gasteiger partial charge in [0, 0.05) is 0 Å². The lowest BCUT2D eigenvalue weighted by molar-refractivity contribution is -0.625. The van der Waals surface area contributed by atoms with Gasteiger partial charge in [-0.2, -0.15) is 9.67 Å². The fourth-order valence-electron chi connectivity index (χ4n) is 3.33.